The molecule has 3 rings (SSSR count). The maximum absolute atomic E-state index is 13.6. The fraction of sp³-hybridized carbons (Fsp3) is 0.818. The summed E-state index contributed by atoms with van der Waals surface area (Å²) in [7, 11) is -5.90. The molecule has 0 spiro atoms. The van der Waals surface area contributed by atoms with Gasteiger partial charge in [0.1, 0.15) is 6.61 Å². The molecule has 2 bridgehead atoms. The Bertz CT molecular complexity index is 1030. The monoisotopic (exact) mass is 540 g/mol. The topological polar surface area (TPSA) is 160 Å². The number of hydrogen-bond donors (Lipinski definition) is 1. The van der Waals surface area contributed by atoms with Crippen LogP contribution in [-0.2, 0) is 48.2 Å². The molecule has 2 aliphatic carbocycles. The standard InChI is InChI=1S/C22H30F2O11S/c1-19(2)20(3)9-10-21(19,35-17(20)27)18(28)34-14(11-32-15(25)13-7-5-4-6-8-13)16(26)33-12-22(23,24)36(29,30)31/h13-14H,4-12H2,1-3H3,(H,29,30,31). The number of carbonyl (C=O) groups is 4. The van der Waals surface area contributed by atoms with Crippen molar-refractivity contribution in [3.63, 3.8) is 0 Å². The zero-order valence-corrected chi connectivity index (χ0v) is 21.0. The summed E-state index contributed by atoms with van der Waals surface area (Å²) in [5.74, 6) is -4.54. The lowest BCUT2D eigenvalue weighted by Gasteiger charge is -2.35. The van der Waals surface area contributed by atoms with Gasteiger partial charge in [0.05, 0.1) is 11.3 Å². The molecule has 0 amide bonds. The number of carbonyl (C=O) groups excluding carboxylic acids is 4. The first kappa shape index (κ1) is 28.2. The van der Waals surface area contributed by atoms with Crippen LogP contribution in [0.3, 0.4) is 0 Å². The number of halogens is 2. The maximum atomic E-state index is 13.6. The molecular formula is C22H30F2O11S. The average molecular weight is 541 g/mol. The molecule has 3 atom stereocenters. The molecule has 0 aromatic heterocycles. The lowest BCUT2D eigenvalue weighted by molar-refractivity contribution is -0.196. The largest absolute Gasteiger partial charge is 0.461 e. The molecule has 3 unspecified atom stereocenters. The number of esters is 4. The molecule has 0 aromatic rings. The first-order valence-corrected chi connectivity index (χ1v) is 13.1. The molecule has 1 aliphatic heterocycles. The highest BCUT2D eigenvalue weighted by Crippen LogP contribution is 2.65. The molecule has 0 radical (unpaired) electrons. The molecule has 11 nitrogen and oxygen atoms in total. The predicted molar refractivity (Wildman–Crippen MR) is 115 cm³/mol. The summed E-state index contributed by atoms with van der Waals surface area (Å²) in [5.41, 5.74) is -3.84. The quantitative estimate of drug-likeness (QED) is 0.259. The summed E-state index contributed by atoms with van der Waals surface area (Å²) in [5, 5.41) is -4.83. The fourth-order valence-corrected chi connectivity index (χ4v) is 5.22. The second-order valence-corrected chi connectivity index (χ2v) is 11.8. The lowest BCUT2D eigenvalue weighted by Crippen LogP contribution is -2.51. The molecule has 204 valence electrons. The first-order chi connectivity index (χ1) is 16.5. The summed E-state index contributed by atoms with van der Waals surface area (Å²) >= 11 is 0. The Morgan fingerprint density at radius 2 is 1.72 bits per heavy atom. The summed E-state index contributed by atoms with van der Waals surface area (Å²) in [6.45, 7) is 1.91. The number of ether oxygens (including phenoxy) is 4. The Morgan fingerprint density at radius 3 is 2.22 bits per heavy atom. The number of rotatable bonds is 9. The van der Waals surface area contributed by atoms with E-state index in [1.807, 2.05) is 0 Å². The Morgan fingerprint density at radius 1 is 1.11 bits per heavy atom. The van der Waals surface area contributed by atoms with Crippen molar-refractivity contribution in [2.45, 2.75) is 82.7 Å². The van der Waals surface area contributed by atoms with Crippen molar-refractivity contribution in [1.29, 1.82) is 0 Å². The Kier molecular flexibility index (Phi) is 7.45. The highest BCUT2D eigenvalue weighted by atomic mass is 32.2. The molecule has 3 aliphatic rings. The van der Waals surface area contributed by atoms with E-state index in [1.54, 1.807) is 20.8 Å². The number of hydrogen-bond acceptors (Lipinski definition) is 10. The van der Waals surface area contributed by atoms with Gasteiger partial charge in [0.2, 0.25) is 11.7 Å². The van der Waals surface area contributed by atoms with Gasteiger partial charge >= 0.3 is 39.2 Å². The van der Waals surface area contributed by atoms with Crippen LogP contribution in [0.1, 0.15) is 65.7 Å². The van der Waals surface area contributed by atoms with Crippen LogP contribution in [0.4, 0.5) is 8.78 Å². The average Bonchev–Trinajstić information content (AvgIpc) is 3.10. The highest BCUT2D eigenvalue weighted by Gasteiger charge is 2.76. The van der Waals surface area contributed by atoms with Crippen LogP contribution in [0.2, 0.25) is 0 Å². The maximum Gasteiger partial charge on any atom is 0.402 e. The zero-order chi connectivity index (χ0) is 27.2. The number of fused-ring (bicyclic) bond motifs is 2. The third-order valence-electron chi connectivity index (χ3n) is 8.00. The van der Waals surface area contributed by atoms with Crippen molar-refractivity contribution in [1.82, 2.24) is 0 Å². The van der Waals surface area contributed by atoms with Crippen LogP contribution >= 0.6 is 0 Å². The van der Waals surface area contributed by atoms with Gasteiger partial charge in [0.25, 0.3) is 0 Å². The fourth-order valence-electron chi connectivity index (χ4n) is 5.01. The molecule has 1 saturated heterocycles. The molecule has 14 heteroatoms. The van der Waals surface area contributed by atoms with E-state index in [-0.39, 0.29) is 6.42 Å². The lowest BCUT2D eigenvalue weighted by atomic mass is 9.66. The normalized spacial score (nSPS) is 28.8. The van der Waals surface area contributed by atoms with E-state index < -0.39 is 80.9 Å². The van der Waals surface area contributed by atoms with E-state index in [9.17, 15) is 36.4 Å². The van der Waals surface area contributed by atoms with Gasteiger partial charge in [-0.05, 0) is 32.6 Å². The summed E-state index contributed by atoms with van der Waals surface area (Å²) in [4.78, 5) is 50.6. The molecule has 1 heterocycles. The van der Waals surface area contributed by atoms with Gasteiger partial charge in [-0.15, -0.1) is 0 Å². The van der Waals surface area contributed by atoms with Gasteiger partial charge in [-0.1, -0.05) is 33.1 Å². The third-order valence-corrected chi connectivity index (χ3v) is 8.87. The van der Waals surface area contributed by atoms with Crippen molar-refractivity contribution in [3.05, 3.63) is 0 Å². The molecular weight excluding hydrogens is 510 g/mol. The van der Waals surface area contributed by atoms with E-state index in [0.717, 1.165) is 19.3 Å². The van der Waals surface area contributed by atoms with Crippen LogP contribution in [0.5, 0.6) is 0 Å². The Hall–Kier alpha value is -2.35. The van der Waals surface area contributed by atoms with E-state index in [2.05, 4.69) is 4.74 Å². The first-order valence-electron chi connectivity index (χ1n) is 11.6. The van der Waals surface area contributed by atoms with Gasteiger partial charge in [0.15, 0.2) is 6.61 Å². The zero-order valence-electron chi connectivity index (χ0n) is 20.2. The Labute approximate surface area is 206 Å². The van der Waals surface area contributed by atoms with E-state index in [1.165, 1.54) is 0 Å². The summed E-state index contributed by atoms with van der Waals surface area (Å²) in [6, 6.07) is 0. The summed E-state index contributed by atoms with van der Waals surface area (Å²) < 4.78 is 77.4. The van der Waals surface area contributed by atoms with Crippen LogP contribution in [-0.4, -0.2) is 67.0 Å². The second kappa shape index (κ2) is 9.51. The second-order valence-electron chi connectivity index (χ2n) is 10.3. The minimum absolute atomic E-state index is 0.0749. The summed E-state index contributed by atoms with van der Waals surface area (Å²) in [6.07, 6.45) is 1.97. The van der Waals surface area contributed by atoms with Crippen LogP contribution in [0.15, 0.2) is 0 Å². The van der Waals surface area contributed by atoms with E-state index in [4.69, 9.17) is 18.8 Å². The van der Waals surface area contributed by atoms with Crippen molar-refractivity contribution < 1.29 is 59.9 Å². The SMILES string of the molecule is CC12CCC(C(=O)OC(COC(=O)C3CCCCC3)C(=O)OCC(F)(F)S(=O)(=O)O)(OC1=O)C2(C)C. The van der Waals surface area contributed by atoms with Crippen molar-refractivity contribution in [2.24, 2.45) is 16.7 Å². The van der Waals surface area contributed by atoms with Crippen LogP contribution in [0, 0.1) is 16.7 Å². The van der Waals surface area contributed by atoms with Crippen LogP contribution < -0.4 is 0 Å². The van der Waals surface area contributed by atoms with Gasteiger partial charge < -0.3 is 18.9 Å². The van der Waals surface area contributed by atoms with Crippen LogP contribution in [0.25, 0.3) is 0 Å². The number of alkyl halides is 2. The predicted octanol–water partition coefficient (Wildman–Crippen LogP) is 2.17. The van der Waals surface area contributed by atoms with E-state index >= 15 is 0 Å². The van der Waals surface area contributed by atoms with Gasteiger partial charge in [0, 0.05) is 5.41 Å². The van der Waals surface area contributed by atoms with Crippen molar-refractivity contribution in [3.8, 4) is 0 Å². The van der Waals surface area contributed by atoms with E-state index in [0.29, 0.717) is 19.3 Å². The van der Waals surface area contributed by atoms with Crippen molar-refractivity contribution in [2.75, 3.05) is 13.2 Å². The minimum Gasteiger partial charge on any atom is -0.461 e. The molecule has 2 saturated carbocycles. The van der Waals surface area contributed by atoms with Crippen molar-refractivity contribution >= 4 is 34.0 Å². The molecule has 1 N–H and O–H groups in total. The minimum atomic E-state index is -5.90. The smallest absolute Gasteiger partial charge is 0.402 e. The molecule has 36 heavy (non-hydrogen) atoms. The highest BCUT2D eigenvalue weighted by molar-refractivity contribution is 7.86. The molecule has 0 aromatic carbocycles. The Balaban J connectivity index is 1.77. The van der Waals surface area contributed by atoms with Gasteiger partial charge in [-0.3, -0.25) is 14.1 Å². The van der Waals surface area contributed by atoms with Gasteiger partial charge in [-0.2, -0.15) is 17.2 Å². The molecule has 3 fully saturated rings. The third kappa shape index (κ3) is 4.69. The van der Waals surface area contributed by atoms with Gasteiger partial charge in [-0.25, -0.2) is 9.59 Å².